The molecule has 0 aliphatic heterocycles. The first kappa shape index (κ1) is 12.8. The fourth-order valence-electron chi connectivity index (χ4n) is 1.91. The van der Waals surface area contributed by atoms with E-state index in [1.165, 1.54) is 6.20 Å². The Labute approximate surface area is 107 Å². The average Bonchev–Trinajstić information content (AvgIpc) is 3.15. The van der Waals surface area contributed by atoms with E-state index in [1.54, 1.807) is 6.20 Å². The second-order valence-corrected chi connectivity index (χ2v) is 4.70. The predicted molar refractivity (Wildman–Crippen MR) is 70.5 cm³/mol. The molecule has 0 saturated heterocycles. The van der Waals surface area contributed by atoms with Crippen molar-refractivity contribution in [3.05, 3.63) is 18.1 Å². The highest BCUT2D eigenvalue weighted by Gasteiger charge is 2.36. The summed E-state index contributed by atoms with van der Waals surface area (Å²) in [5, 5.41) is 6.10. The zero-order valence-corrected chi connectivity index (χ0v) is 10.9. The fourth-order valence-corrected chi connectivity index (χ4v) is 1.91. The van der Waals surface area contributed by atoms with Crippen LogP contribution in [-0.4, -0.2) is 28.5 Å². The Morgan fingerprint density at radius 1 is 1.39 bits per heavy atom. The molecule has 5 heteroatoms. The Balaban J connectivity index is 1.86. The van der Waals surface area contributed by atoms with E-state index in [2.05, 4.69) is 34.4 Å². The highest BCUT2D eigenvalue weighted by atomic mass is 16.2. The molecule has 0 radical (unpaired) electrons. The second kappa shape index (κ2) is 5.80. The van der Waals surface area contributed by atoms with Gasteiger partial charge in [0.05, 0.1) is 12.4 Å². The zero-order valence-electron chi connectivity index (χ0n) is 10.9. The molecule has 1 aliphatic rings. The number of carbonyl (C=O) groups excluding carboxylic acids is 1. The van der Waals surface area contributed by atoms with Crippen molar-refractivity contribution < 1.29 is 4.79 Å². The van der Waals surface area contributed by atoms with Gasteiger partial charge >= 0.3 is 0 Å². The number of carbonyl (C=O) groups is 1. The summed E-state index contributed by atoms with van der Waals surface area (Å²) in [7, 11) is 0. The quantitative estimate of drug-likeness (QED) is 0.806. The van der Waals surface area contributed by atoms with Gasteiger partial charge in [-0.05, 0) is 18.8 Å². The Kier molecular flexibility index (Phi) is 4.12. The molecule has 1 aromatic rings. The van der Waals surface area contributed by atoms with Crippen LogP contribution in [0.4, 0.5) is 5.82 Å². The number of hydrogen-bond donors (Lipinski definition) is 2. The summed E-state index contributed by atoms with van der Waals surface area (Å²) >= 11 is 0. The van der Waals surface area contributed by atoms with Crippen LogP contribution >= 0.6 is 0 Å². The summed E-state index contributed by atoms with van der Waals surface area (Å²) in [5.41, 5.74) is 0.388. The van der Waals surface area contributed by atoms with Crippen LogP contribution < -0.4 is 10.6 Å². The summed E-state index contributed by atoms with van der Waals surface area (Å²) in [6.07, 6.45) is 6.37. The maximum absolute atomic E-state index is 11.8. The molecule has 0 spiro atoms. The van der Waals surface area contributed by atoms with Crippen LogP contribution in [-0.2, 0) is 0 Å². The summed E-state index contributed by atoms with van der Waals surface area (Å²) in [6, 6.07) is 0.335. The summed E-state index contributed by atoms with van der Waals surface area (Å²) < 4.78 is 0. The number of nitrogens with one attached hydrogen (secondary N) is 2. The van der Waals surface area contributed by atoms with Gasteiger partial charge in [0.1, 0.15) is 11.5 Å². The number of rotatable bonds is 6. The summed E-state index contributed by atoms with van der Waals surface area (Å²) in [6.45, 7) is 5.09. The average molecular weight is 248 g/mol. The highest BCUT2D eigenvalue weighted by Crippen LogP contribution is 2.33. The summed E-state index contributed by atoms with van der Waals surface area (Å²) in [4.78, 5) is 20.1. The van der Waals surface area contributed by atoms with Crippen LogP contribution in [0.5, 0.6) is 0 Å². The van der Waals surface area contributed by atoms with Crippen molar-refractivity contribution in [1.29, 1.82) is 0 Å². The Morgan fingerprint density at radius 2 is 2.22 bits per heavy atom. The lowest BCUT2D eigenvalue weighted by Gasteiger charge is -2.05. The summed E-state index contributed by atoms with van der Waals surface area (Å²) in [5.74, 6) is 1.24. The topological polar surface area (TPSA) is 66.9 Å². The van der Waals surface area contributed by atoms with Gasteiger partial charge in [-0.1, -0.05) is 20.3 Å². The van der Waals surface area contributed by atoms with Crippen LogP contribution in [0.3, 0.4) is 0 Å². The molecule has 2 N–H and O–H groups in total. The standard InChI is InChI=1S/C13H20N4O/c1-3-5-14-12-8-15-11(7-16-12)13(18)17-10-6-9(10)4-2/h7-10H,3-6H2,1-2H3,(H,14,16)(H,17,18). The van der Waals surface area contributed by atoms with E-state index < -0.39 is 0 Å². The van der Waals surface area contributed by atoms with Gasteiger partial charge in [0.15, 0.2) is 0 Å². The number of amides is 1. The monoisotopic (exact) mass is 248 g/mol. The van der Waals surface area contributed by atoms with Crippen LogP contribution in [0.1, 0.15) is 43.6 Å². The van der Waals surface area contributed by atoms with Crippen molar-refractivity contribution >= 4 is 11.7 Å². The van der Waals surface area contributed by atoms with Crippen LogP contribution in [0.25, 0.3) is 0 Å². The molecule has 2 atom stereocenters. The maximum atomic E-state index is 11.8. The normalized spacial score (nSPS) is 21.4. The lowest BCUT2D eigenvalue weighted by atomic mass is 10.3. The van der Waals surface area contributed by atoms with Crippen molar-refractivity contribution in [3.63, 3.8) is 0 Å². The SMILES string of the molecule is CCCNc1cnc(C(=O)NC2CC2CC)cn1. The Bertz CT molecular complexity index is 404. The second-order valence-electron chi connectivity index (χ2n) is 4.70. The molecule has 1 saturated carbocycles. The minimum absolute atomic E-state index is 0.120. The fraction of sp³-hybridized carbons (Fsp3) is 0.615. The van der Waals surface area contributed by atoms with Crippen LogP contribution in [0, 0.1) is 5.92 Å². The molecule has 2 unspecified atom stereocenters. The molecule has 0 aromatic carbocycles. The van der Waals surface area contributed by atoms with Crippen molar-refractivity contribution in [2.24, 2.45) is 5.92 Å². The number of anilines is 1. The number of aromatic nitrogens is 2. The molecule has 5 nitrogen and oxygen atoms in total. The largest absolute Gasteiger partial charge is 0.369 e. The van der Waals surface area contributed by atoms with Gasteiger partial charge < -0.3 is 10.6 Å². The van der Waals surface area contributed by atoms with Gasteiger partial charge in [0, 0.05) is 12.6 Å². The van der Waals surface area contributed by atoms with Crippen molar-refractivity contribution in [2.75, 3.05) is 11.9 Å². The molecule has 0 bridgehead atoms. The van der Waals surface area contributed by atoms with E-state index in [-0.39, 0.29) is 5.91 Å². The van der Waals surface area contributed by atoms with Crippen molar-refractivity contribution in [1.82, 2.24) is 15.3 Å². The minimum atomic E-state index is -0.120. The van der Waals surface area contributed by atoms with Gasteiger partial charge in [-0.2, -0.15) is 0 Å². The molecule has 2 rings (SSSR count). The smallest absolute Gasteiger partial charge is 0.271 e. The lowest BCUT2D eigenvalue weighted by Crippen LogP contribution is -2.27. The van der Waals surface area contributed by atoms with E-state index in [0.717, 1.165) is 25.8 Å². The number of hydrogen-bond acceptors (Lipinski definition) is 4. The van der Waals surface area contributed by atoms with Gasteiger partial charge in [0.25, 0.3) is 5.91 Å². The number of nitrogens with zero attached hydrogens (tertiary/aromatic N) is 2. The first-order chi connectivity index (χ1) is 8.74. The van der Waals surface area contributed by atoms with Crippen LogP contribution in [0.2, 0.25) is 0 Å². The molecule has 1 aliphatic carbocycles. The van der Waals surface area contributed by atoms with Crippen molar-refractivity contribution in [2.45, 2.75) is 39.2 Å². The molecular formula is C13H20N4O. The molecule has 1 fully saturated rings. The van der Waals surface area contributed by atoms with Gasteiger partial charge in [-0.15, -0.1) is 0 Å². The van der Waals surface area contributed by atoms with Crippen molar-refractivity contribution in [3.8, 4) is 0 Å². The molecule has 18 heavy (non-hydrogen) atoms. The Morgan fingerprint density at radius 3 is 2.78 bits per heavy atom. The van der Waals surface area contributed by atoms with E-state index >= 15 is 0 Å². The molecular weight excluding hydrogens is 228 g/mol. The molecule has 98 valence electrons. The third-order valence-corrected chi connectivity index (χ3v) is 3.20. The third kappa shape index (κ3) is 3.18. The third-order valence-electron chi connectivity index (χ3n) is 3.20. The highest BCUT2D eigenvalue weighted by molar-refractivity contribution is 5.92. The maximum Gasteiger partial charge on any atom is 0.271 e. The van der Waals surface area contributed by atoms with E-state index in [0.29, 0.717) is 23.5 Å². The first-order valence-electron chi connectivity index (χ1n) is 6.61. The van der Waals surface area contributed by atoms with Gasteiger partial charge in [-0.25, -0.2) is 9.97 Å². The molecule has 1 heterocycles. The van der Waals surface area contributed by atoms with Gasteiger partial charge in [0.2, 0.25) is 0 Å². The van der Waals surface area contributed by atoms with Gasteiger partial charge in [-0.3, -0.25) is 4.79 Å². The zero-order chi connectivity index (χ0) is 13.0. The van der Waals surface area contributed by atoms with E-state index in [9.17, 15) is 4.79 Å². The molecule has 1 aromatic heterocycles. The van der Waals surface area contributed by atoms with Crippen LogP contribution in [0.15, 0.2) is 12.4 Å². The Hall–Kier alpha value is -1.65. The first-order valence-corrected chi connectivity index (χ1v) is 6.61. The predicted octanol–water partition coefficient (Wildman–Crippen LogP) is 1.83. The minimum Gasteiger partial charge on any atom is -0.369 e. The van der Waals surface area contributed by atoms with E-state index in [1.807, 2.05) is 0 Å². The molecule has 1 amide bonds. The van der Waals surface area contributed by atoms with E-state index in [4.69, 9.17) is 0 Å². The lowest BCUT2D eigenvalue weighted by molar-refractivity contribution is 0.0943.